The van der Waals surface area contributed by atoms with E-state index < -0.39 is 0 Å². The smallest absolute Gasteiger partial charge is 0.0482 e. The Kier molecular flexibility index (Phi) is 5.94. The zero-order chi connectivity index (χ0) is 14.5. The number of unbranched alkanes of at least 4 members (excludes halogenated alkanes) is 1. The Morgan fingerprint density at radius 1 is 1.32 bits per heavy atom. The number of allylic oxidation sites excluding steroid dienone is 4. The zero-order valence-corrected chi connectivity index (χ0v) is 13.6. The van der Waals surface area contributed by atoms with Gasteiger partial charge in [0.05, 0.1) is 0 Å². The van der Waals surface area contributed by atoms with Crippen molar-refractivity contribution in [2.75, 3.05) is 6.61 Å². The van der Waals surface area contributed by atoms with Gasteiger partial charge >= 0.3 is 0 Å². The molecule has 2 heteroatoms. The van der Waals surface area contributed by atoms with Gasteiger partial charge in [-0.3, -0.25) is 0 Å². The van der Waals surface area contributed by atoms with E-state index in [-0.39, 0.29) is 17.4 Å². The highest BCUT2D eigenvalue weighted by Gasteiger charge is 2.20. The summed E-state index contributed by atoms with van der Waals surface area (Å²) in [4.78, 5) is 2.74. The van der Waals surface area contributed by atoms with Crippen LogP contribution in [0.3, 0.4) is 0 Å². The van der Waals surface area contributed by atoms with Crippen LogP contribution in [0.1, 0.15) is 53.4 Å². The molecule has 1 heterocycles. The molecule has 0 radical (unpaired) electrons. The SMILES string of the molecule is C=CC1=CC(C)(C)C=C(CCCCC(C)(C)CO)S1. The minimum absolute atomic E-state index is 0.0690. The lowest BCUT2D eigenvalue weighted by Crippen LogP contribution is -2.16. The lowest BCUT2D eigenvalue weighted by Gasteiger charge is -2.25. The molecule has 1 N–H and O–H groups in total. The summed E-state index contributed by atoms with van der Waals surface area (Å²) in [7, 11) is 0. The number of aliphatic hydroxyl groups excluding tert-OH is 1. The lowest BCUT2D eigenvalue weighted by atomic mass is 9.87. The fourth-order valence-corrected chi connectivity index (χ4v) is 3.60. The van der Waals surface area contributed by atoms with Crippen molar-refractivity contribution in [3.63, 3.8) is 0 Å². The Morgan fingerprint density at radius 3 is 2.58 bits per heavy atom. The summed E-state index contributed by atoms with van der Waals surface area (Å²) in [5.41, 5.74) is 0.216. The third-order valence-corrected chi connectivity index (χ3v) is 4.56. The topological polar surface area (TPSA) is 20.2 Å². The van der Waals surface area contributed by atoms with Crippen LogP contribution in [0.4, 0.5) is 0 Å². The minimum atomic E-state index is 0.0690. The molecule has 0 aromatic rings. The summed E-state index contributed by atoms with van der Waals surface area (Å²) in [6.07, 6.45) is 11.2. The Bertz CT molecular complexity index is 375. The molecule has 1 rings (SSSR count). The van der Waals surface area contributed by atoms with E-state index in [1.165, 1.54) is 22.7 Å². The number of thioether (sulfide) groups is 1. The summed E-state index contributed by atoms with van der Waals surface area (Å²) in [6.45, 7) is 12.9. The van der Waals surface area contributed by atoms with Crippen LogP contribution in [0, 0.1) is 10.8 Å². The standard InChI is InChI=1S/C17H28OS/c1-6-14-11-17(4,5)12-15(19-14)9-7-8-10-16(2,3)13-18/h6,11-12,18H,1,7-10,13H2,2-5H3. The van der Waals surface area contributed by atoms with Crippen molar-refractivity contribution in [3.8, 4) is 0 Å². The van der Waals surface area contributed by atoms with E-state index >= 15 is 0 Å². The number of aliphatic hydroxyl groups is 1. The summed E-state index contributed by atoms with van der Waals surface area (Å²) in [5, 5.41) is 9.24. The number of hydrogen-bond donors (Lipinski definition) is 1. The third-order valence-electron chi connectivity index (χ3n) is 3.45. The van der Waals surface area contributed by atoms with Gasteiger partial charge in [0, 0.05) is 16.9 Å². The van der Waals surface area contributed by atoms with Gasteiger partial charge in [-0.05, 0) is 29.6 Å². The maximum absolute atomic E-state index is 9.24. The predicted octanol–water partition coefficient (Wildman–Crippen LogP) is 5.29. The second kappa shape index (κ2) is 6.81. The van der Waals surface area contributed by atoms with Gasteiger partial charge in [0.25, 0.3) is 0 Å². The second-order valence-corrected chi connectivity index (χ2v) is 8.01. The molecular weight excluding hydrogens is 252 g/mol. The second-order valence-electron chi connectivity index (χ2n) is 6.81. The lowest BCUT2D eigenvalue weighted by molar-refractivity contribution is 0.147. The molecule has 1 nitrogen and oxygen atoms in total. The van der Waals surface area contributed by atoms with Crippen molar-refractivity contribution >= 4 is 11.8 Å². The van der Waals surface area contributed by atoms with Crippen molar-refractivity contribution in [1.82, 2.24) is 0 Å². The quantitative estimate of drug-likeness (QED) is 0.639. The molecule has 0 spiro atoms. The van der Waals surface area contributed by atoms with Crippen molar-refractivity contribution in [2.45, 2.75) is 53.4 Å². The van der Waals surface area contributed by atoms with Gasteiger partial charge in [0.1, 0.15) is 0 Å². The fraction of sp³-hybridized carbons (Fsp3) is 0.647. The largest absolute Gasteiger partial charge is 0.396 e. The highest BCUT2D eigenvalue weighted by atomic mass is 32.2. The van der Waals surface area contributed by atoms with E-state index in [9.17, 15) is 5.11 Å². The van der Waals surface area contributed by atoms with Crippen LogP contribution < -0.4 is 0 Å². The van der Waals surface area contributed by atoms with E-state index in [4.69, 9.17) is 0 Å². The molecule has 0 bridgehead atoms. The first-order valence-electron chi connectivity index (χ1n) is 7.14. The Hall–Kier alpha value is -0.470. The van der Waals surface area contributed by atoms with Crippen molar-refractivity contribution in [1.29, 1.82) is 0 Å². The molecule has 108 valence electrons. The van der Waals surface area contributed by atoms with Crippen LogP contribution >= 0.6 is 11.8 Å². The Labute approximate surface area is 122 Å². The molecule has 0 unspecified atom stereocenters. The maximum Gasteiger partial charge on any atom is 0.0482 e. The molecule has 0 aliphatic carbocycles. The van der Waals surface area contributed by atoms with E-state index in [1.54, 1.807) is 0 Å². The Morgan fingerprint density at radius 2 is 2.00 bits per heavy atom. The highest BCUT2D eigenvalue weighted by Crippen LogP contribution is 2.41. The van der Waals surface area contributed by atoms with Crippen LogP contribution in [-0.2, 0) is 0 Å². The van der Waals surface area contributed by atoms with E-state index in [0.29, 0.717) is 0 Å². The zero-order valence-electron chi connectivity index (χ0n) is 12.8. The monoisotopic (exact) mass is 280 g/mol. The van der Waals surface area contributed by atoms with Gasteiger partial charge in [-0.25, -0.2) is 0 Å². The summed E-state index contributed by atoms with van der Waals surface area (Å²) < 4.78 is 0. The van der Waals surface area contributed by atoms with Gasteiger partial charge in [-0.2, -0.15) is 0 Å². The first kappa shape index (κ1) is 16.6. The third kappa shape index (κ3) is 6.01. The van der Waals surface area contributed by atoms with Crippen molar-refractivity contribution in [2.24, 2.45) is 10.8 Å². The Balaban J connectivity index is 2.42. The molecule has 0 atom stereocenters. The highest BCUT2D eigenvalue weighted by molar-refractivity contribution is 8.06. The summed E-state index contributed by atoms with van der Waals surface area (Å²) in [6, 6.07) is 0. The van der Waals surface area contributed by atoms with Gasteiger partial charge in [0.15, 0.2) is 0 Å². The van der Waals surface area contributed by atoms with Crippen molar-refractivity contribution < 1.29 is 5.11 Å². The molecule has 0 fully saturated rings. The van der Waals surface area contributed by atoms with Gasteiger partial charge in [0.2, 0.25) is 0 Å². The average Bonchev–Trinajstić information content (AvgIpc) is 2.33. The molecule has 0 saturated heterocycles. The van der Waals surface area contributed by atoms with Gasteiger partial charge in [-0.1, -0.05) is 70.7 Å². The van der Waals surface area contributed by atoms with Gasteiger partial charge < -0.3 is 5.11 Å². The molecule has 0 amide bonds. The first-order valence-corrected chi connectivity index (χ1v) is 7.95. The molecular formula is C17H28OS. The summed E-state index contributed by atoms with van der Waals surface area (Å²) >= 11 is 1.85. The van der Waals surface area contributed by atoms with Crippen LogP contribution in [0.2, 0.25) is 0 Å². The van der Waals surface area contributed by atoms with E-state index in [1.807, 2.05) is 17.8 Å². The minimum Gasteiger partial charge on any atom is -0.396 e. The number of hydrogen-bond acceptors (Lipinski definition) is 2. The average molecular weight is 280 g/mol. The van der Waals surface area contributed by atoms with E-state index in [0.717, 1.165) is 12.8 Å². The normalized spacial score (nSPS) is 18.8. The molecule has 1 aliphatic heterocycles. The summed E-state index contributed by atoms with van der Waals surface area (Å²) in [5.74, 6) is 0. The molecule has 0 aromatic carbocycles. The van der Waals surface area contributed by atoms with Crippen LogP contribution in [0.25, 0.3) is 0 Å². The molecule has 0 saturated carbocycles. The predicted molar refractivity (Wildman–Crippen MR) is 87.1 cm³/mol. The van der Waals surface area contributed by atoms with Crippen LogP contribution in [0.15, 0.2) is 34.6 Å². The van der Waals surface area contributed by atoms with Gasteiger partial charge in [-0.15, -0.1) is 0 Å². The van der Waals surface area contributed by atoms with E-state index in [2.05, 4.69) is 46.4 Å². The van der Waals surface area contributed by atoms with Crippen LogP contribution in [0.5, 0.6) is 0 Å². The first-order chi connectivity index (χ1) is 8.78. The molecule has 0 aromatic heterocycles. The molecule has 19 heavy (non-hydrogen) atoms. The van der Waals surface area contributed by atoms with Crippen LogP contribution in [-0.4, -0.2) is 11.7 Å². The maximum atomic E-state index is 9.24. The fourth-order valence-electron chi connectivity index (χ4n) is 2.24. The molecule has 1 aliphatic rings. The van der Waals surface area contributed by atoms with Crippen molar-refractivity contribution in [3.05, 3.63) is 34.6 Å². The number of rotatable bonds is 7.